The van der Waals surface area contributed by atoms with Gasteiger partial charge in [-0.3, -0.25) is 9.59 Å². The highest BCUT2D eigenvalue weighted by Crippen LogP contribution is 2.36. The molecule has 33 heavy (non-hydrogen) atoms. The number of imide groups is 1. The number of aryl methyl sites for hydroxylation is 1. The molecule has 6 heteroatoms. The summed E-state index contributed by atoms with van der Waals surface area (Å²) in [5.41, 5.74) is 4.42. The number of hydrogen-bond acceptors (Lipinski definition) is 4. The van der Waals surface area contributed by atoms with Crippen LogP contribution < -0.4 is 9.80 Å². The Hall–Kier alpha value is -3.57. The molecule has 0 saturated carbocycles. The van der Waals surface area contributed by atoms with Gasteiger partial charge in [0.15, 0.2) is 0 Å². The first kappa shape index (κ1) is 21.3. The number of nitrogens with zero attached hydrogens (tertiary/aromatic N) is 3. The average Bonchev–Trinajstić information content (AvgIpc) is 3.10. The van der Waals surface area contributed by atoms with Crippen molar-refractivity contribution < 1.29 is 9.59 Å². The van der Waals surface area contributed by atoms with Crippen molar-refractivity contribution in [1.82, 2.24) is 4.90 Å². The van der Waals surface area contributed by atoms with Gasteiger partial charge in [-0.15, -0.1) is 0 Å². The van der Waals surface area contributed by atoms with Gasteiger partial charge in [0.1, 0.15) is 5.70 Å². The van der Waals surface area contributed by atoms with Crippen LogP contribution in [0, 0.1) is 6.92 Å². The van der Waals surface area contributed by atoms with Crippen LogP contribution in [0.1, 0.15) is 11.1 Å². The van der Waals surface area contributed by atoms with Gasteiger partial charge in [0.2, 0.25) is 0 Å². The van der Waals surface area contributed by atoms with Gasteiger partial charge in [0.25, 0.3) is 11.8 Å². The highest BCUT2D eigenvalue weighted by Gasteiger charge is 2.43. The van der Waals surface area contributed by atoms with E-state index in [1.165, 1.54) is 10.6 Å². The van der Waals surface area contributed by atoms with E-state index < -0.39 is 0 Å². The molecule has 2 heterocycles. The molecule has 3 aromatic carbocycles. The van der Waals surface area contributed by atoms with Gasteiger partial charge in [-0.2, -0.15) is 0 Å². The molecule has 0 aliphatic carbocycles. The van der Waals surface area contributed by atoms with Crippen LogP contribution in [0.5, 0.6) is 0 Å². The number of carbonyl (C=O) groups is 2. The number of carbonyl (C=O) groups excluding carboxylic acids is 2. The summed E-state index contributed by atoms with van der Waals surface area (Å²) in [4.78, 5) is 32.9. The number of benzene rings is 3. The molecule has 0 atom stereocenters. The first-order chi connectivity index (χ1) is 16.0. The molecule has 0 N–H and O–H groups in total. The number of rotatable bonds is 4. The molecular weight excluding hydrogens is 434 g/mol. The minimum Gasteiger partial charge on any atom is -0.368 e. The lowest BCUT2D eigenvalue weighted by molar-refractivity contribution is -0.120. The summed E-state index contributed by atoms with van der Waals surface area (Å²) < 4.78 is 0. The van der Waals surface area contributed by atoms with E-state index in [2.05, 4.69) is 21.9 Å². The molecule has 0 radical (unpaired) electrons. The molecule has 5 rings (SSSR count). The maximum Gasteiger partial charge on any atom is 0.282 e. The zero-order chi connectivity index (χ0) is 22.9. The summed E-state index contributed by atoms with van der Waals surface area (Å²) in [5, 5.41) is 0.481. The van der Waals surface area contributed by atoms with Crippen LogP contribution >= 0.6 is 11.6 Å². The van der Waals surface area contributed by atoms with Crippen molar-refractivity contribution in [3.63, 3.8) is 0 Å². The minimum absolute atomic E-state index is 0.300. The molecule has 2 amide bonds. The van der Waals surface area contributed by atoms with Crippen molar-refractivity contribution in [1.29, 1.82) is 0 Å². The van der Waals surface area contributed by atoms with E-state index in [-0.39, 0.29) is 11.8 Å². The Kier molecular flexibility index (Phi) is 5.65. The fourth-order valence-electron chi connectivity index (χ4n) is 4.47. The van der Waals surface area contributed by atoms with Crippen molar-refractivity contribution in [2.24, 2.45) is 0 Å². The van der Waals surface area contributed by atoms with Crippen molar-refractivity contribution in [3.8, 4) is 0 Å². The molecule has 2 aliphatic heterocycles. The Balaban J connectivity index is 1.51. The number of para-hydroxylation sites is 1. The van der Waals surface area contributed by atoms with E-state index in [0.29, 0.717) is 35.1 Å². The van der Waals surface area contributed by atoms with Crippen LogP contribution in [0.4, 0.5) is 11.4 Å². The number of anilines is 2. The van der Waals surface area contributed by atoms with Crippen LogP contribution in [0.3, 0.4) is 0 Å². The molecular formula is C27H24ClN3O2. The molecule has 5 nitrogen and oxygen atoms in total. The first-order valence-electron chi connectivity index (χ1n) is 11.0. The molecule has 3 aromatic rings. The Morgan fingerprint density at radius 3 is 2.00 bits per heavy atom. The second-order valence-electron chi connectivity index (χ2n) is 8.32. The predicted octanol–water partition coefficient (Wildman–Crippen LogP) is 4.76. The van der Waals surface area contributed by atoms with Gasteiger partial charge in [-0.05, 0) is 42.8 Å². The number of amides is 2. The summed E-state index contributed by atoms with van der Waals surface area (Å²) >= 11 is 6.17. The van der Waals surface area contributed by atoms with Crippen LogP contribution in [0.15, 0.2) is 84.6 Å². The van der Waals surface area contributed by atoms with E-state index in [1.807, 2.05) is 49.4 Å². The second-order valence-corrected chi connectivity index (χ2v) is 8.76. The minimum atomic E-state index is -0.313. The Morgan fingerprint density at radius 2 is 1.33 bits per heavy atom. The van der Waals surface area contributed by atoms with Gasteiger partial charge < -0.3 is 9.80 Å². The topological polar surface area (TPSA) is 43.9 Å². The Labute approximate surface area is 198 Å². The molecule has 1 saturated heterocycles. The first-order valence-corrected chi connectivity index (χ1v) is 11.4. The molecule has 0 spiro atoms. The summed E-state index contributed by atoms with van der Waals surface area (Å²) in [6, 6.07) is 24.9. The summed E-state index contributed by atoms with van der Waals surface area (Å²) in [7, 11) is 0. The third-order valence-corrected chi connectivity index (χ3v) is 6.42. The van der Waals surface area contributed by atoms with Gasteiger partial charge in [-0.1, -0.05) is 65.7 Å². The maximum absolute atomic E-state index is 13.7. The highest BCUT2D eigenvalue weighted by molar-refractivity contribution is 6.45. The lowest BCUT2D eigenvalue weighted by Crippen LogP contribution is -2.47. The standard InChI is InChI=1S/C27H24ClN3O2/c1-19-10-12-20(13-11-19)24-25(27(33)31(26(24)32)23-9-5-6-21(28)18-23)30-16-14-29(15-17-30)22-7-3-2-4-8-22/h2-13,18H,14-17H2,1H3. The Bertz CT molecular complexity index is 1230. The van der Waals surface area contributed by atoms with Crippen LogP contribution in [0.2, 0.25) is 5.02 Å². The molecule has 0 aromatic heterocycles. The molecule has 0 bridgehead atoms. The Morgan fingerprint density at radius 1 is 0.697 bits per heavy atom. The molecule has 2 aliphatic rings. The third-order valence-electron chi connectivity index (χ3n) is 6.18. The predicted molar refractivity (Wildman–Crippen MR) is 132 cm³/mol. The van der Waals surface area contributed by atoms with Gasteiger partial charge in [0.05, 0.1) is 11.3 Å². The SMILES string of the molecule is Cc1ccc(C2=C(N3CCN(c4ccccc4)CC3)C(=O)N(c3cccc(Cl)c3)C2=O)cc1. The van der Waals surface area contributed by atoms with Gasteiger partial charge >= 0.3 is 0 Å². The van der Waals surface area contributed by atoms with Gasteiger partial charge in [0, 0.05) is 36.9 Å². The third kappa shape index (κ3) is 4.00. The number of piperazine rings is 1. The zero-order valence-corrected chi connectivity index (χ0v) is 19.1. The quantitative estimate of drug-likeness (QED) is 0.530. The van der Waals surface area contributed by atoms with Crippen LogP contribution in [-0.4, -0.2) is 42.9 Å². The molecule has 0 unspecified atom stereocenters. The van der Waals surface area contributed by atoms with Crippen molar-refractivity contribution in [3.05, 3.63) is 101 Å². The lowest BCUT2D eigenvalue weighted by Gasteiger charge is -2.37. The summed E-state index contributed by atoms with van der Waals surface area (Å²) in [6.07, 6.45) is 0. The van der Waals surface area contributed by atoms with Crippen LogP contribution in [0.25, 0.3) is 5.57 Å². The average molecular weight is 458 g/mol. The summed E-state index contributed by atoms with van der Waals surface area (Å²) in [5.74, 6) is -0.613. The molecule has 166 valence electrons. The van der Waals surface area contributed by atoms with Crippen LogP contribution in [-0.2, 0) is 9.59 Å². The number of halogens is 1. The van der Waals surface area contributed by atoms with Crippen molar-refractivity contribution in [2.45, 2.75) is 6.92 Å². The lowest BCUT2D eigenvalue weighted by atomic mass is 10.0. The summed E-state index contributed by atoms with van der Waals surface area (Å²) in [6.45, 7) is 4.85. The van der Waals surface area contributed by atoms with Crippen molar-refractivity contribution >= 4 is 40.4 Å². The number of hydrogen-bond donors (Lipinski definition) is 0. The second kappa shape index (κ2) is 8.75. The zero-order valence-electron chi connectivity index (χ0n) is 18.4. The smallest absolute Gasteiger partial charge is 0.282 e. The van der Waals surface area contributed by atoms with E-state index in [0.717, 1.165) is 24.2 Å². The largest absolute Gasteiger partial charge is 0.368 e. The normalized spacial score (nSPS) is 16.7. The monoisotopic (exact) mass is 457 g/mol. The van der Waals surface area contributed by atoms with Gasteiger partial charge in [-0.25, -0.2) is 4.90 Å². The van der Waals surface area contributed by atoms with E-state index in [9.17, 15) is 9.59 Å². The van der Waals surface area contributed by atoms with E-state index in [4.69, 9.17) is 11.6 Å². The maximum atomic E-state index is 13.7. The highest BCUT2D eigenvalue weighted by atomic mass is 35.5. The fourth-order valence-corrected chi connectivity index (χ4v) is 4.65. The fraction of sp³-hybridized carbons (Fsp3) is 0.185. The van der Waals surface area contributed by atoms with E-state index >= 15 is 0 Å². The van der Waals surface area contributed by atoms with E-state index in [1.54, 1.807) is 24.3 Å². The molecule has 1 fully saturated rings. The van der Waals surface area contributed by atoms with Crippen molar-refractivity contribution in [2.75, 3.05) is 36.0 Å².